The summed E-state index contributed by atoms with van der Waals surface area (Å²) in [5.41, 5.74) is 0. The molecule has 64 valence electrons. The van der Waals surface area contributed by atoms with Crippen LogP contribution in [-0.2, 0) is 4.79 Å². The molecule has 0 saturated heterocycles. The van der Waals surface area contributed by atoms with E-state index in [-0.39, 0.29) is 16.2 Å². The topological polar surface area (TPSA) is 52.1 Å². The zero-order valence-corrected chi connectivity index (χ0v) is 7.56. The average molecular weight is 207 g/mol. The lowest BCUT2D eigenvalue weighted by atomic mass is 10.7. The van der Waals surface area contributed by atoms with Crippen molar-refractivity contribution in [2.45, 2.75) is 6.92 Å². The maximum Gasteiger partial charge on any atom is 0.309 e. The quantitative estimate of drug-likeness (QED) is 0.657. The first kappa shape index (κ1) is 9.22. The first-order valence-corrected chi connectivity index (χ1v) is 3.71. The molecular formula is C6H4Cl2N2O2. The molecule has 0 aliphatic heterocycles. The van der Waals surface area contributed by atoms with Crippen LogP contribution < -0.4 is 4.74 Å². The van der Waals surface area contributed by atoms with E-state index in [1.807, 2.05) is 0 Å². The molecule has 0 amide bonds. The van der Waals surface area contributed by atoms with Gasteiger partial charge in [0, 0.05) is 6.92 Å². The van der Waals surface area contributed by atoms with Crippen LogP contribution >= 0.6 is 23.2 Å². The molecule has 1 heterocycles. The van der Waals surface area contributed by atoms with Gasteiger partial charge in [-0.3, -0.25) is 4.79 Å². The molecule has 0 aliphatic rings. The van der Waals surface area contributed by atoms with Crippen LogP contribution in [0.5, 0.6) is 5.88 Å². The molecule has 0 fully saturated rings. The second kappa shape index (κ2) is 3.69. The van der Waals surface area contributed by atoms with Gasteiger partial charge in [-0.1, -0.05) is 23.2 Å². The van der Waals surface area contributed by atoms with Crippen LogP contribution in [0.1, 0.15) is 6.92 Å². The molecule has 0 spiro atoms. The molecule has 0 atom stereocenters. The van der Waals surface area contributed by atoms with Crippen LogP contribution in [0.4, 0.5) is 0 Å². The van der Waals surface area contributed by atoms with Crippen molar-refractivity contribution in [3.63, 3.8) is 0 Å². The summed E-state index contributed by atoms with van der Waals surface area (Å²) >= 11 is 11.0. The number of carbonyl (C=O) groups excluding carboxylic acids is 1. The Morgan fingerprint density at radius 3 is 2.75 bits per heavy atom. The van der Waals surface area contributed by atoms with E-state index in [0.717, 1.165) is 0 Å². The first-order chi connectivity index (χ1) is 5.59. The summed E-state index contributed by atoms with van der Waals surface area (Å²) in [4.78, 5) is 17.7. The van der Waals surface area contributed by atoms with Gasteiger partial charge >= 0.3 is 5.97 Å². The summed E-state index contributed by atoms with van der Waals surface area (Å²) in [6.45, 7) is 1.24. The highest BCUT2D eigenvalue weighted by Crippen LogP contribution is 2.20. The van der Waals surface area contributed by atoms with Crippen molar-refractivity contribution < 1.29 is 9.53 Å². The number of esters is 1. The van der Waals surface area contributed by atoms with Crippen molar-refractivity contribution in [2.24, 2.45) is 0 Å². The zero-order valence-electron chi connectivity index (χ0n) is 6.04. The molecule has 1 aromatic rings. The Morgan fingerprint density at radius 1 is 1.58 bits per heavy atom. The molecule has 1 aromatic heterocycles. The number of hydrogen-bond donors (Lipinski definition) is 0. The number of carbonyl (C=O) groups is 1. The summed E-state index contributed by atoms with van der Waals surface area (Å²) < 4.78 is 4.60. The minimum absolute atomic E-state index is 0.0299. The number of hydrogen-bond acceptors (Lipinski definition) is 4. The largest absolute Gasteiger partial charge is 0.404 e. The van der Waals surface area contributed by atoms with Crippen molar-refractivity contribution in [1.82, 2.24) is 9.97 Å². The highest BCUT2D eigenvalue weighted by atomic mass is 35.5. The molecule has 4 nitrogen and oxygen atoms in total. The van der Waals surface area contributed by atoms with Crippen LogP contribution in [0.3, 0.4) is 0 Å². The van der Waals surface area contributed by atoms with E-state index in [1.165, 1.54) is 13.1 Å². The van der Waals surface area contributed by atoms with Gasteiger partial charge in [-0.25, -0.2) is 9.97 Å². The Kier molecular flexibility index (Phi) is 2.83. The second-order valence-electron chi connectivity index (χ2n) is 1.88. The van der Waals surface area contributed by atoms with E-state index >= 15 is 0 Å². The van der Waals surface area contributed by atoms with Gasteiger partial charge in [0.05, 0.1) is 6.20 Å². The van der Waals surface area contributed by atoms with E-state index in [2.05, 4.69) is 14.7 Å². The monoisotopic (exact) mass is 206 g/mol. The molecule has 0 radical (unpaired) electrons. The molecule has 1 rings (SSSR count). The van der Waals surface area contributed by atoms with Gasteiger partial charge in [-0.15, -0.1) is 0 Å². The predicted octanol–water partition coefficient (Wildman–Crippen LogP) is 1.71. The molecule has 0 N–H and O–H groups in total. The SMILES string of the molecule is CC(=O)Oc1ncc(Cl)nc1Cl. The number of halogens is 2. The third kappa shape index (κ3) is 2.32. The molecule has 0 bridgehead atoms. The van der Waals surface area contributed by atoms with Crippen molar-refractivity contribution in [3.8, 4) is 5.88 Å². The van der Waals surface area contributed by atoms with Gasteiger partial charge in [0.15, 0.2) is 5.15 Å². The molecule has 0 unspecified atom stereocenters. The van der Waals surface area contributed by atoms with E-state index in [0.29, 0.717) is 0 Å². The van der Waals surface area contributed by atoms with Gasteiger partial charge in [0.2, 0.25) is 0 Å². The zero-order chi connectivity index (χ0) is 9.14. The van der Waals surface area contributed by atoms with Crippen LogP contribution in [0.15, 0.2) is 6.20 Å². The normalized spacial score (nSPS) is 9.58. The Labute approximate surface area is 78.5 Å². The van der Waals surface area contributed by atoms with E-state index in [9.17, 15) is 4.79 Å². The second-order valence-corrected chi connectivity index (χ2v) is 2.63. The van der Waals surface area contributed by atoms with E-state index < -0.39 is 5.97 Å². The van der Waals surface area contributed by atoms with E-state index in [1.54, 1.807) is 0 Å². The van der Waals surface area contributed by atoms with Gasteiger partial charge in [0.25, 0.3) is 5.88 Å². The van der Waals surface area contributed by atoms with Gasteiger partial charge < -0.3 is 4.74 Å². The van der Waals surface area contributed by atoms with Crippen LogP contribution in [-0.4, -0.2) is 15.9 Å². The van der Waals surface area contributed by atoms with Gasteiger partial charge in [-0.2, -0.15) is 0 Å². The Morgan fingerprint density at radius 2 is 2.25 bits per heavy atom. The minimum Gasteiger partial charge on any atom is -0.404 e. The summed E-state index contributed by atoms with van der Waals surface area (Å²) in [6.07, 6.45) is 1.24. The molecule has 0 aliphatic carbocycles. The van der Waals surface area contributed by atoms with Crippen molar-refractivity contribution in [3.05, 3.63) is 16.5 Å². The molecular weight excluding hydrogens is 203 g/mol. The first-order valence-electron chi connectivity index (χ1n) is 2.96. The third-order valence-corrected chi connectivity index (χ3v) is 1.34. The lowest BCUT2D eigenvalue weighted by Crippen LogP contribution is -2.04. The summed E-state index contributed by atoms with van der Waals surface area (Å²) in [7, 11) is 0. The van der Waals surface area contributed by atoms with Crippen molar-refractivity contribution in [1.29, 1.82) is 0 Å². The summed E-state index contributed by atoms with van der Waals surface area (Å²) in [5, 5.41) is 0.119. The number of nitrogens with zero attached hydrogens (tertiary/aromatic N) is 2. The predicted molar refractivity (Wildman–Crippen MR) is 43.4 cm³/mol. The van der Waals surface area contributed by atoms with Gasteiger partial charge in [-0.05, 0) is 0 Å². The van der Waals surface area contributed by atoms with Gasteiger partial charge in [0.1, 0.15) is 5.15 Å². The Hall–Kier alpha value is -0.870. The lowest BCUT2D eigenvalue weighted by molar-refractivity contribution is -0.132. The lowest BCUT2D eigenvalue weighted by Gasteiger charge is -2.00. The van der Waals surface area contributed by atoms with Crippen molar-refractivity contribution >= 4 is 29.2 Å². The highest BCUT2D eigenvalue weighted by molar-refractivity contribution is 6.33. The number of ether oxygens (including phenoxy) is 1. The Balaban J connectivity index is 2.93. The van der Waals surface area contributed by atoms with Crippen LogP contribution in [0, 0.1) is 0 Å². The molecule has 0 aromatic carbocycles. The fourth-order valence-electron chi connectivity index (χ4n) is 0.540. The van der Waals surface area contributed by atoms with Crippen molar-refractivity contribution in [2.75, 3.05) is 0 Å². The average Bonchev–Trinajstić information content (AvgIpc) is 1.94. The number of rotatable bonds is 1. The van der Waals surface area contributed by atoms with Crippen LogP contribution in [0.2, 0.25) is 10.3 Å². The minimum atomic E-state index is -0.506. The fourth-order valence-corrected chi connectivity index (χ4v) is 0.895. The third-order valence-electron chi connectivity index (χ3n) is 0.910. The maximum atomic E-state index is 10.5. The Bertz CT molecular complexity index is 316. The van der Waals surface area contributed by atoms with E-state index in [4.69, 9.17) is 23.2 Å². The molecule has 6 heteroatoms. The number of aromatic nitrogens is 2. The van der Waals surface area contributed by atoms with Crippen LogP contribution in [0.25, 0.3) is 0 Å². The summed E-state index contributed by atoms with van der Waals surface area (Å²) in [5.74, 6) is -0.540. The smallest absolute Gasteiger partial charge is 0.309 e. The fraction of sp³-hybridized carbons (Fsp3) is 0.167. The highest BCUT2D eigenvalue weighted by Gasteiger charge is 2.07. The molecule has 0 saturated carbocycles. The summed E-state index contributed by atoms with van der Waals surface area (Å²) in [6, 6.07) is 0. The standard InChI is InChI=1S/C6H4Cl2N2O2/c1-3(11)12-6-5(8)10-4(7)2-9-6/h2H,1H3. The molecule has 12 heavy (non-hydrogen) atoms. The maximum absolute atomic E-state index is 10.5.